The number of nitrogens with zero attached hydrogens (tertiary/aromatic N) is 1. The Kier molecular flexibility index (Phi) is 5.86. The maximum absolute atomic E-state index is 11.5. The lowest BCUT2D eigenvalue weighted by Gasteiger charge is -2.17. The first-order valence-corrected chi connectivity index (χ1v) is 6.38. The Morgan fingerprint density at radius 2 is 1.94 bits per heavy atom. The number of halogens is 1. The summed E-state index contributed by atoms with van der Waals surface area (Å²) in [5.74, 6) is 0. The van der Waals surface area contributed by atoms with Gasteiger partial charge in [0, 0.05) is 19.4 Å². The lowest BCUT2D eigenvalue weighted by Crippen LogP contribution is -2.35. The van der Waals surface area contributed by atoms with E-state index in [1.807, 2.05) is 36.4 Å². The first kappa shape index (κ1) is 14.4. The summed E-state index contributed by atoms with van der Waals surface area (Å²) in [5, 5.41) is 0. The predicted molar refractivity (Wildman–Crippen MR) is 71.1 cm³/mol. The van der Waals surface area contributed by atoms with Crippen LogP contribution in [0, 0.1) is 3.57 Å². The van der Waals surface area contributed by atoms with E-state index >= 15 is 0 Å². The Morgan fingerprint density at radius 1 is 1.35 bits per heavy atom. The van der Waals surface area contributed by atoms with Gasteiger partial charge in [0.05, 0.1) is 10.1 Å². The Morgan fingerprint density at radius 3 is 2.47 bits per heavy atom. The molecule has 6 nitrogen and oxygen atoms in total. The minimum atomic E-state index is -0.482. The molecule has 1 rings (SSSR count). The maximum Gasteiger partial charge on any atom is 0.328 e. The highest BCUT2D eigenvalue weighted by Crippen LogP contribution is 2.00. The molecule has 0 saturated carbocycles. The fraction of sp³-hybridized carbons (Fsp3) is 0.600. The normalized spacial score (nSPS) is 11.1. The van der Waals surface area contributed by atoms with Gasteiger partial charge in [-0.05, 0) is 36.4 Å². The van der Waals surface area contributed by atoms with Crippen LogP contribution in [-0.4, -0.2) is 29.1 Å². The lowest BCUT2D eigenvalue weighted by molar-refractivity contribution is -0.144. The maximum atomic E-state index is 11.5. The molecule has 0 aliphatic carbocycles. The molecule has 0 radical (unpaired) electrons. The minimum absolute atomic E-state index is 0.257. The third-order valence-corrected chi connectivity index (χ3v) is 2.79. The molecule has 1 heterocycles. The van der Waals surface area contributed by atoms with E-state index in [2.05, 4.69) is 4.98 Å². The van der Waals surface area contributed by atoms with Crippen LogP contribution < -0.4 is 11.2 Å². The first-order valence-electron chi connectivity index (χ1n) is 5.31. The molecule has 7 heteroatoms. The number of hydrogen-bond donors (Lipinski definition) is 1. The smallest absolute Gasteiger partial charge is 0.328 e. The summed E-state index contributed by atoms with van der Waals surface area (Å²) in [5.41, 5.74) is -0.837. The van der Waals surface area contributed by atoms with Crippen molar-refractivity contribution < 1.29 is 9.47 Å². The molecule has 1 aromatic rings. The zero-order valence-electron chi connectivity index (χ0n) is 9.73. The zero-order valence-corrected chi connectivity index (χ0v) is 11.9. The number of nitrogens with one attached hydrogen (secondary N) is 1. The van der Waals surface area contributed by atoms with Crippen LogP contribution in [0.5, 0.6) is 0 Å². The Labute approximate surface area is 112 Å². The van der Waals surface area contributed by atoms with Gasteiger partial charge in [0.25, 0.3) is 5.56 Å². The molecule has 0 saturated heterocycles. The number of H-pyrrole nitrogens is 1. The van der Waals surface area contributed by atoms with Crippen molar-refractivity contribution in [2.24, 2.45) is 0 Å². The fourth-order valence-electron chi connectivity index (χ4n) is 1.30. The van der Waals surface area contributed by atoms with Crippen molar-refractivity contribution >= 4 is 22.6 Å². The number of rotatable bonds is 6. The second kappa shape index (κ2) is 6.92. The summed E-state index contributed by atoms with van der Waals surface area (Å²) in [6.07, 6.45) is 1.01. The third-order valence-electron chi connectivity index (χ3n) is 2.02. The van der Waals surface area contributed by atoms with Crippen LogP contribution in [0.15, 0.2) is 15.8 Å². The van der Waals surface area contributed by atoms with Crippen molar-refractivity contribution in [3.8, 4) is 0 Å². The van der Waals surface area contributed by atoms with E-state index in [1.165, 1.54) is 10.8 Å². The van der Waals surface area contributed by atoms with Gasteiger partial charge in [-0.25, -0.2) is 4.79 Å². The molecule has 0 spiro atoms. The van der Waals surface area contributed by atoms with Crippen LogP contribution in [0.4, 0.5) is 0 Å². The monoisotopic (exact) mass is 354 g/mol. The van der Waals surface area contributed by atoms with Crippen LogP contribution in [0.25, 0.3) is 0 Å². The number of aromatic amines is 1. The highest BCUT2D eigenvalue weighted by atomic mass is 127. The fourth-order valence-corrected chi connectivity index (χ4v) is 1.78. The average Bonchev–Trinajstić information content (AvgIpc) is 2.26. The zero-order chi connectivity index (χ0) is 12.8. The molecule has 1 N–H and O–H groups in total. The third kappa shape index (κ3) is 4.25. The van der Waals surface area contributed by atoms with Crippen LogP contribution in [0.3, 0.4) is 0 Å². The van der Waals surface area contributed by atoms with Crippen molar-refractivity contribution in [1.82, 2.24) is 9.55 Å². The molecule has 0 aliphatic rings. The van der Waals surface area contributed by atoms with E-state index in [0.717, 1.165) is 0 Å². The first-order chi connectivity index (χ1) is 8.08. The summed E-state index contributed by atoms with van der Waals surface area (Å²) >= 11 is 1.87. The Bertz CT molecular complexity index is 462. The minimum Gasteiger partial charge on any atom is -0.351 e. The summed E-state index contributed by atoms with van der Waals surface area (Å²) in [6, 6.07) is 0. The van der Waals surface area contributed by atoms with Crippen molar-refractivity contribution in [2.75, 3.05) is 13.2 Å². The Balaban J connectivity index is 2.89. The molecule has 0 aliphatic heterocycles. The topological polar surface area (TPSA) is 73.3 Å². The van der Waals surface area contributed by atoms with Gasteiger partial charge in [0.1, 0.15) is 0 Å². The number of hydrogen-bond acceptors (Lipinski definition) is 4. The molecule has 1 aromatic heterocycles. The lowest BCUT2D eigenvalue weighted by atomic mass is 10.5. The van der Waals surface area contributed by atoms with E-state index in [0.29, 0.717) is 16.8 Å². The summed E-state index contributed by atoms with van der Waals surface area (Å²) in [7, 11) is 0. The van der Waals surface area contributed by atoms with E-state index in [1.54, 1.807) is 0 Å². The molecular weight excluding hydrogens is 339 g/mol. The molecule has 0 bridgehead atoms. The number of aromatic nitrogens is 2. The van der Waals surface area contributed by atoms with Gasteiger partial charge in [0.15, 0.2) is 6.29 Å². The van der Waals surface area contributed by atoms with Gasteiger partial charge < -0.3 is 9.47 Å². The Hall–Kier alpha value is -0.670. The highest BCUT2D eigenvalue weighted by Gasteiger charge is 2.11. The van der Waals surface area contributed by atoms with Gasteiger partial charge in [0.2, 0.25) is 0 Å². The summed E-state index contributed by atoms with van der Waals surface area (Å²) in [6.45, 7) is 4.96. The van der Waals surface area contributed by atoms with E-state index in [9.17, 15) is 9.59 Å². The quantitative estimate of drug-likeness (QED) is 0.598. The molecule has 0 atom stereocenters. The van der Waals surface area contributed by atoms with Gasteiger partial charge in [-0.2, -0.15) is 0 Å². The molecule has 96 valence electrons. The molecule has 17 heavy (non-hydrogen) atoms. The van der Waals surface area contributed by atoms with E-state index in [-0.39, 0.29) is 12.1 Å². The van der Waals surface area contributed by atoms with Crippen LogP contribution in [0.2, 0.25) is 0 Å². The van der Waals surface area contributed by atoms with Crippen LogP contribution in [0.1, 0.15) is 13.8 Å². The van der Waals surface area contributed by atoms with Crippen molar-refractivity contribution in [3.63, 3.8) is 0 Å². The molecular formula is C10H15IN2O4. The van der Waals surface area contributed by atoms with Crippen molar-refractivity contribution in [1.29, 1.82) is 0 Å². The van der Waals surface area contributed by atoms with Gasteiger partial charge in [-0.1, -0.05) is 0 Å². The number of ether oxygens (including phenoxy) is 2. The van der Waals surface area contributed by atoms with Crippen LogP contribution in [-0.2, 0) is 16.0 Å². The van der Waals surface area contributed by atoms with Crippen LogP contribution >= 0.6 is 22.6 Å². The summed E-state index contributed by atoms with van der Waals surface area (Å²) in [4.78, 5) is 24.9. The standard InChI is InChI=1S/C10H15IN2O4/c1-3-16-8(17-4-2)6-13-5-7(11)9(14)12-10(13)15/h5,8H,3-4,6H2,1-2H3,(H,12,14,15). The van der Waals surface area contributed by atoms with Gasteiger partial charge in [-0.3, -0.25) is 14.3 Å². The van der Waals surface area contributed by atoms with Gasteiger partial charge >= 0.3 is 5.69 Å². The second-order valence-electron chi connectivity index (χ2n) is 3.23. The highest BCUT2D eigenvalue weighted by molar-refractivity contribution is 14.1. The molecule has 0 fully saturated rings. The van der Waals surface area contributed by atoms with E-state index < -0.39 is 12.0 Å². The predicted octanol–water partition coefficient (Wildman–Crippen LogP) is 0.540. The SMILES string of the molecule is CCOC(Cn1cc(I)c(=O)[nH]c1=O)OCC. The van der Waals surface area contributed by atoms with Gasteiger partial charge in [-0.15, -0.1) is 0 Å². The molecule has 0 amide bonds. The van der Waals surface area contributed by atoms with Crippen molar-refractivity contribution in [2.45, 2.75) is 26.7 Å². The average molecular weight is 354 g/mol. The van der Waals surface area contributed by atoms with E-state index in [4.69, 9.17) is 9.47 Å². The summed E-state index contributed by atoms with van der Waals surface area (Å²) < 4.78 is 12.5. The second-order valence-corrected chi connectivity index (χ2v) is 4.39. The molecule has 0 unspecified atom stereocenters. The molecule has 0 aromatic carbocycles. The van der Waals surface area contributed by atoms with Crippen molar-refractivity contribution in [3.05, 3.63) is 30.6 Å². The largest absolute Gasteiger partial charge is 0.351 e.